The zero-order valence-electron chi connectivity index (χ0n) is 9.49. The maximum Gasteiger partial charge on any atom is 0.122 e. The van der Waals surface area contributed by atoms with Crippen LogP contribution in [0.25, 0.3) is 0 Å². The van der Waals surface area contributed by atoms with E-state index in [1.807, 2.05) is 32.1 Å². The van der Waals surface area contributed by atoms with Crippen LogP contribution in [-0.2, 0) is 0 Å². The van der Waals surface area contributed by atoms with Gasteiger partial charge < -0.3 is 10.5 Å². The van der Waals surface area contributed by atoms with E-state index in [2.05, 4.69) is 12.6 Å². The molecule has 0 heterocycles. The number of ether oxygens (including phenoxy) is 1. The second-order valence-corrected chi connectivity index (χ2v) is 3.74. The Labute approximate surface area is 91.7 Å². The Morgan fingerprint density at radius 3 is 2.80 bits per heavy atom. The molecule has 0 spiro atoms. The van der Waals surface area contributed by atoms with Crippen molar-refractivity contribution in [2.24, 2.45) is 5.73 Å². The second-order valence-electron chi connectivity index (χ2n) is 3.74. The molecule has 0 saturated carbocycles. The second kappa shape index (κ2) is 5.56. The van der Waals surface area contributed by atoms with Gasteiger partial charge in [-0.1, -0.05) is 18.2 Å². The molecule has 0 unspecified atom stereocenters. The molecule has 82 valence electrons. The third kappa shape index (κ3) is 3.40. The molecule has 15 heavy (non-hydrogen) atoms. The lowest BCUT2D eigenvalue weighted by molar-refractivity contribution is 0.322. The third-order valence-corrected chi connectivity index (χ3v) is 2.30. The van der Waals surface area contributed by atoms with E-state index in [-0.39, 0.29) is 6.04 Å². The van der Waals surface area contributed by atoms with Gasteiger partial charge in [0.1, 0.15) is 5.75 Å². The van der Waals surface area contributed by atoms with Gasteiger partial charge in [0.2, 0.25) is 0 Å². The van der Waals surface area contributed by atoms with E-state index >= 15 is 0 Å². The van der Waals surface area contributed by atoms with Gasteiger partial charge >= 0.3 is 0 Å². The van der Waals surface area contributed by atoms with Crippen LogP contribution in [0.15, 0.2) is 30.9 Å². The summed E-state index contributed by atoms with van der Waals surface area (Å²) in [5.41, 5.74) is 8.08. The fourth-order valence-electron chi connectivity index (χ4n) is 1.37. The number of hydrogen-bond donors (Lipinski definition) is 1. The first-order chi connectivity index (χ1) is 7.15. The fourth-order valence-corrected chi connectivity index (χ4v) is 1.37. The molecule has 0 aliphatic rings. The zero-order valence-corrected chi connectivity index (χ0v) is 9.49. The standard InChI is InChI=1S/C13H19NO/c1-4-5-8-15-13-7-6-12(11(3)14)9-10(13)2/h4,6-7,9,11H,1,5,8,14H2,2-3H3/t11-/m1/s1. The van der Waals surface area contributed by atoms with Gasteiger partial charge in [-0.2, -0.15) is 0 Å². The summed E-state index contributed by atoms with van der Waals surface area (Å²) in [5, 5.41) is 0. The molecule has 0 aliphatic carbocycles. The van der Waals surface area contributed by atoms with Crippen LogP contribution in [0.4, 0.5) is 0 Å². The van der Waals surface area contributed by atoms with Gasteiger partial charge in [-0.15, -0.1) is 6.58 Å². The molecule has 0 radical (unpaired) electrons. The molecular formula is C13H19NO. The van der Waals surface area contributed by atoms with Crippen LogP contribution < -0.4 is 10.5 Å². The number of rotatable bonds is 5. The predicted molar refractivity (Wildman–Crippen MR) is 64.1 cm³/mol. The van der Waals surface area contributed by atoms with Crippen LogP contribution in [0.5, 0.6) is 5.75 Å². The molecule has 0 amide bonds. The van der Waals surface area contributed by atoms with Crippen LogP contribution in [0, 0.1) is 6.92 Å². The fraction of sp³-hybridized carbons (Fsp3) is 0.385. The maximum absolute atomic E-state index is 5.80. The number of benzene rings is 1. The van der Waals surface area contributed by atoms with Gasteiger partial charge in [0.25, 0.3) is 0 Å². The number of hydrogen-bond acceptors (Lipinski definition) is 2. The Balaban J connectivity index is 2.70. The van der Waals surface area contributed by atoms with Gasteiger partial charge in [-0.25, -0.2) is 0 Å². The van der Waals surface area contributed by atoms with Gasteiger partial charge in [0.05, 0.1) is 6.61 Å². The van der Waals surface area contributed by atoms with Crippen LogP contribution >= 0.6 is 0 Å². The molecule has 0 aromatic heterocycles. The van der Waals surface area contributed by atoms with Crippen molar-refractivity contribution < 1.29 is 4.74 Å². The van der Waals surface area contributed by atoms with Crippen molar-refractivity contribution in [3.63, 3.8) is 0 Å². The van der Waals surface area contributed by atoms with E-state index in [0.717, 1.165) is 23.3 Å². The molecule has 1 aromatic rings. The first kappa shape index (κ1) is 11.8. The molecule has 1 atom stereocenters. The quantitative estimate of drug-likeness (QED) is 0.592. The molecule has 2 nitrogen and oxygen atoms in total. The minimum absolute atomic E-state index is 0.0749. The highest BCUT2D eigenvalue weighted by Gasteiger charge is 2.03. The molecule has 1 aromatic carbocycles. The van der Waals surface area contributed by atoms with Crippen LogP contribution in [0.2, 0.25) is 0 Å². The van der Waals surface area contributed by atoms with Gasteiger partial charge in [0.15, 0.2) is 0 Å². The Morgan fingerprint density at radius 2 is 2.27 bits per heavy atom. The Morgan fingerprint density at radius 1 is 1.53 bits per heavy atom. The van der Waals surface area contributed by atoms with Crippen molar-refractivity contribution in [2.75, 3.05) is 6.61 Å². The Bertz CT molecular complexity index is 331. The van der Waals surface area contributed by atoms with E-state index in [9.17, 15) is 0 Å². The van der Waals surface area contributed by atoms with Gasteiger partial charge in [0, 0.05) is 6.04 Å². The van der Waals surface area contributed by atoms with Gasteiger partial charge in [-0.05, 0) is 37.5 Å². The molecule has 0 bridgehead atoms. The van der Waals surface area contributed by atoms with E-state index in [1.54, 1.807) is 0 Å². The Kier molecular flexibility index (Phi) is 4.37. The summed E-state index contributed by atoms with van der Waals surface area (Å²) in [6.07, 6.45) is 2.72. The molecule has 1 rings (SSSR count). The van der Waals surface area contributed by atoms with E-state index < -0.39 is 0 Å². The van der Waals surface area contributed by atoms with Crippen molar-refractivity contribution in [1.29, 1.82) is 0 Å². The van der Waals surface area contributed by atoms with Crippen molar-refractivity contribution in [2.45, 2.75) is 26.3 Å². The average molecular weight is 205 g/mol. The molecule has 0 fully saturated rings. The molecule has 2 N–H and O–H groups in total. The summed E-state index contributed by atoms with van der Waals surface area (Å²) in [7, 11) is 0. The lowest BCUT2D eigenvalue weighted by Crippen LogP contribution is -2.05. The monoisotopic (exact) mass is 205 g/mol. The third-order valence-electron chi connectivity index (χ3n) is 2.30. The Hall–Kier alpha value is -1.28. The molecule has 0 aliphatic heterocycles. The summed E-state index contributed by atoms with van der Waals surface area (Å²) < 4.78 is 5.60. The van der Waals surface area contributed by atoms with Crippen LogP contribution in [-0.4, -0.2) is 6.61 Å². The van der Waals surface area contributed by atoms with Crippen molar-refractivity contribution in [1.82, 2.24) is 0 Å². The van der Waals surface area contributed by atoms with Crippen LogP contribution in [0.1, 0.15) is 30.5 Å². The number of nitrogens with two attached hydrogens (primary N) is 1. The average Bonchev–Trinajstić information content (AvgIpc) is 2.20. The van der Waals surface area contributed by atoms with Crippen LogP contribution in [0.3, 0.4) is 0 Å². The first-order valence-electron chi connectivity index (χ1n) is 5.25. The molecular weight excluding hydrogens is 186 g/mol. The van der Waals surface area contributed by atoms with Crippen molar-refractivity contribution in [3.8, 4) is 5.75 Å². The van der Waals surface area contributed by atoms with E-state index in [4.69, 9.17) is 10.5 Å². The lowest BCUT2D eigenvalue weighted by atomic mass is 10.1. The lowest BCUT2D eigenvalue weighted by Gasteiger charge is -2.11. The zero-order chi connectivity index (χ0) is 11.3. The smallest absolute Gasteiger partial charge is 0.122 e. The minimum Gasteiger partial charge on any atom is -0.493 e. The summed E-state index contributed by atoms with van der Waals surface area (Å²) in [4.78, 5) is 0. The SMILES string of the molecule is C=CCCOc1ccc([C@@H](C)N)cc1C. The first-order valence-corrected chi connectivity index (χ1v) is 5.25. The van der Waals surface area contributed by atoms with Gasteiger partial charge in [-0.3, -0.25) is 0 Å². The normalized spacial score (nSPS) is 12.2. The van der Waals surface area contributed by atoms with E-state index in [1.165, 1.54) is 0 Å². The minimum atomic E-state index is 0.0749. The molecule has 2 heteroatoms. The summed E-state index contributed by atoms with van der Waals surface area (Å²) in [6, 6.07) is 6.15. The highest BCUT2D eigenvalue weighted by molar-refractivity contribution is 5.37. The van der Waals surface area contributed by atoms with Crippen molar-refractivity contribution in [3.05, 3.63) is 42.0 Å². The van der Waals surface area contributed by atoms with E-state index in [0.29, 0.717) is 6.61 Å². The topological polar surface area (TPSA) is 35.2 Å². The summed E-state index contributed by atoms with van der Waals surface area (Å²) >= 11 is 0. The summed E-state index contributed by atoms with van der Waals surface area (Å²) in [5.74, 6) is 0.932. The maximum atomic E-state index is 5.80. The highest BCUT2D eigenvalue weighted by atomic mass is 16.5. The molecule has 0 saturated heterocycles. The largest absolute Gasteiger partial charge is 0.493 e. The van der Waals surface area contributed by atoms with Crippen molar-refractivity contribution >= 4 is 0 Å². The summed E-state index contributed by atoms with van der Waals surface area (Å²) in [6.45, 7) is 8.35. The highest BCUT2D eigenvalue weighted by Crippen LogP contribution is 2.21. The number of aryl methyl sites for hydroxylation is 1. The predicted octanol–water partition coefficient (Wildman–Crippen LogP) is 2.97.